The number of fused-ring (bicyclic) bond motifs is 1. The molecule has 0 unspecified atom stereocenters. The van der Waals surface area contributed by atoms with Crippen molar-refractivity contribution in [2.45, 2.75) is 39.0 Å². The number of hydrogen-bond acceptors (Lipinski definition) is 6. The summed E-state index contributed by atoms with van der Waals surface area (Å²) in [5.74, 6) is 1.78. The van der Waals surface area contributed by atoms with E-state index in [1.807, 2.05) is 30.3 Å². The van der Waals surface area contributed by atoms with Gasteiger partial charge in [0.1, 0.15) is 11.5 Å². The van der Waals surface area contributed by atoms with Crippen LogP contribution >= 0.6 is 0 Å². The predicted molar refractivity (Wildman–Crippen MR) is 113 cm³/mol. The Bertz CT molecular complexity index is 1030. The average Bonchev–Trinajstić information content (AvgIpc) is 2.72. The molecule has 0 atom stereocenters. The number of aromatic nitrogens is 4. The maximum absolute atomic E-state index is 12.3. The van der Waals surface area contributed by atoms with Crippen molar-refractivity contribution in [3.05, 3.63) is 58.6 Å². The Morgan fingerprint density at radius 1 is 1.10 bits per heavy atom. The Labute approximate surface area is 170 Å². The minimum Gasteiger partial charge on any atom is -0.476 e. The topological polar surface area (TPSA) is 72.6 Å². The standard InChI is InChI=1S/C22H27N5O2/c1-22(2,3)17-7-8-20(25-24-17)29-15-16-9-12-26(13-10-16)19-14-21(28)27-11-5-4-6-18(27)23-19/h4-8,11,14,16H,9-10,12-13,15H2,1-3H3. The molecular formula is C22H27N5O2. The van der Waals surface area contributed by atoms with Crippen LogP contribution in [0.15, 0.2) is 47.4 Å². The van der Waals surface area contributed by atoms with Gasteiger partial charge in [-0.25, -0.2) is 4.98 Å². The van der Waals surface area contributed by atoms with Gasteiger partial charge in [-0.3, -0.25) is 9.20 Å². The van der Waals surface area contributed by atoms with Crippen LogP contribution < -0.4 is 15.2 Å². The predicted octanol–water partition coefficient (Wildman–Crippen LogP) is 3.08. The summed E-state index contributed by atoms with van der Waals surface area (Å²) in [7, 11) is 0. The van der Waals surface area contributed by atoms with Crippen LogP contribution in [-0.2, 0) is 5.41 Å². The molecule has 0 saturated carbocycles. The van der Waals surface area contributed by atoms with Gasteiger partial charge in [-0.1, -0.05) is 26.8 Å². The lowest BCUT2D eigenvalue weighted by Crippen LogP contribution is -2.37. The molecular weight excluding hydrogens is 366 g/mol. The first kappa shape index (κ1) is 19.4. The summed E-state index contributed by atoms with van der Waals surface area (Å²) in [6.45, 7) is 8.69. The van der Waals surface area contributed by atoms with Crippen molar-refractivity contribution >= 4 is 11.5 Å². The normalized spacial score (nSPS) is 15.6. The highest BCUT2D eigenvalue weighted by molar-refractivity contribution is 5.48. The van der Waals surface area contributed by atoms with E-state index < -0.39 is 0 Å². The van der Waals surface area contributed by atoms with Crippen LogP contribution in [0.4, 0.5) is 5.82 Å². The second-order valence-electron chi connectivity index (χ2n) is 8.63. The molecule has 1 fully saturated rings. The van der Waals surface area contributed by atoms with Gasteiger partial charge < -0.3 is 9.64 Å². The highest BCUT2D eigenvalue weighted by atomic mass is 16.5. The van der Waals surface area contributed by atoms with Crippen molar-refractivity contribution in [3.8, 4) is 5.88 Å². The molecule has 0 aliphatic carbocycles. The minimum absolute atomic E-state index is 0.0163. The molecule has 0 N–H and O–H groups in total. The van der Waals surface area contributed by atoms with E-state index in [0.29, 0.717) is 24.1 Å². The van der Waals surface area contributed by atoms with Crippen molar-refractivity contribution in [3.63, 3.8) is 0 Å². The monoisotopic (exact) mass is 393 g/mol. The van der Waals surface area contributed by atoms with Crippen LogP contribution in [0, 0.1) is 5.92 Å². The van der Waals surface area contributed by atoms with Gasteiger partial charge in [0.15, 0.2) is 0 Å². The van der Waals surface area contributed by atoms with Crippen molar-refractivity contribution in [1.29, 1.82) is 0 Å². The zero-order valence-electron chi connectivity index (χ0n) is 17.2. The lowest BCUT2D eigenvalue weighted by Gasteiger charge is -2.32. The molecule has 0 spiro atoms. The zero-order chi connectivity index (χ0) is 20.4. The fraction of sp³-hybridized carbons (Fsp3) is 0.455. The Balaban J connectivity index is 1.33. The van der Waals surface area contributed by atoms with Gasteiger partial charge in [0.05, 0.1) is 12.3 Å². The van der Waals surface area contributed by atoms with E-state index in [2.05, 4.69) is 40.9 Å². The summed E-state index contributed by atoms with van der Waals surface area (Å²) < 4.78 is 7.44. The van der Waals surface area contributed by atoms with Crippen LogP contribution in [-0.4, -0.2) is 39.3 Å². The fourth-order valence-corrected chi connectivity index (χ4v) is 3.53. The van der Waals surface area contributed by atoms with Crippen LogP contribution in [0.2, 0.25) is 0 Å². The molecule has 0 amide bonds. The van der Waals surface area contributed by atoms with Crippen LogP contribution in [0.1, 0.15) is 39.3 Å². The van der Waals surface area contributed by atoms with Gasteiger partial charge >= 0.3 is 0 Å². The Morgan fingerprint density at radius 2 is 1.90 bits per heavy atom. The molecule has 7 heteroatoms. The number of ether oxygens (including phenoxy) is 1. The quantitative estimate of drug-likeness (QED) is 0.678. The van der Waals surface area contributed by atoms with Gasteiger partial charge in [0.2, 0.25) is 5.88 Å². The summed E-state index contributed by atoms with van der Waals surface area (Å²) in [6.07, 6.45) is 3.72. The maximum atomic E-state index is 12.3. The SMILES string of the molecule is CC(C)(C)c1ccc(OCC2CCN(c3cc(=O)n4ccccc4n3)CC2)nn1. The summed E-state index contributed by atoms with van der Waals surface area (Å²) in [5, 5.41) is 8.48. The third-order valence-electron chi connectivity index (χ3n) is 5.37. The lowest BCUT2D eigenvalue weighted by atomic mass is 9.92. The molecule has 152 valence electrons. The van der Waals surface area contributed by atoms with Crippen LogP contribution in [0.25, 0.3) is 5.65 Å². The van der Waals surface area contributed by atoms with E-state index in [9.17, 15) is 4.79 Å². The van der Waals surface area contributed by atoms with Crippen molar-refractivity contribution < 1.29 is 4.74 Å². The Morgan fingerprint density at radius 3 is 2.59 bits per heavy atom. The van der Waals surface area contributed by atoms with Crippen molar-refractivity contribution in [1.82, 2.24) is 19.6 Å². The first-order valence-electron chi connectivity index (χ1n) is 10.1. The number of anilines is 1. The maximum Gasteiger partial charge on any atom is 0.259 e. The van der Waals surface area contributed by atoms with Gasteiger partial charge in [-0.05, 0) is 37.0 Å². The second-order valence-corrected chi connectivity index (χ2v) is 8.63. The molecule has 1 aliphatic rings. The van der Waals surface area contributed by atoms with Crippen molar-refractivity contribution in [2.75, 3.05) is 24.6 Å². The van der Waals surface area contributed by atoms with Gasteiger partial charge in [-0.15, -0.1) is 5.10 Å². The molecule has 4 heterocycles. The molecule has 4 rings (SSSR count). The molecule has 0 bridgehead atoms. The molecule has 1 saturated heterocycles. The van der Waals surface area contributed by atoms with Gasteiger partial charge in [-0.2, -0.15) is 5.10 Å². The number of hydrogen-bond donors (Lipinski definition) is 0. The third kappa shape index (κ3) is 4.39. The average molecular weight is 393 g/mol. The molecule has 1 aliphatic heterocycles. The molecule has 3 aromatic rings. The molecule has 0 aromatic carbocycles. The Kier molecular flexibility index (Phi) is 5.22. The number of rotatable bonds is 4. The Hall–Kier alpha value is -2.96. The zero-order valence-corrected chi connectivity index (χ0v) is 17.2. The van der Waals surface area contributed by atoms with E-state index >= 15 is 0 Å². The molecule has 29 heavy (non-hydrogen) atoms. The molecule has 7 nitrogen and oxygen atoms in total. The molecule has 0 radical (unpaired) electrons. The highest BCUT2D eigenvalue weighted by Crippen LogP contribution is 2.23. The van der Waals surface area contributed by atoms with Crippen LogP contribution in [0.5, 0.6) is 5.88 Å². The summed E-state index contributed by atoms with van der Waals surface area (Å²) in [5.41, 5.74) is 1.57. The minimum atomic E-state index is -0.0478. The smallest absolute Gasteiger partial charge is 0.259 e. The van der Waals surface area contributed by atoms with Gasteiger partial charge in [0, 0.05) is 36.8 Å². The molecule has 3 aromatic heterocycles. The van der Waals surface area contributed by atoms with E-state index in [1.165, 1.54) is 0 Å². The van der Waals surface area contributed by atoms with Crippen molar-refractivity contribution in [2.24, 2.45) is 5.92 Å². The van der Waals surface area contributed by atoms with E-state index in [0.717, 1.165) is 37.4 Å². The number of pyridine rings is 1. The third-order valence-corrected chi connectivity index (χ3v) is 5.37. The summed E-state index contributed by atoms with van der Waals surface area (Å²) in [6, 6.07) is 11.1. The number of nitrogens with zero attached hydrogens (tertiary/aromatic N) is 5. The largest absolute Gasteiger partial charge is 0.476 e. The lowest BCUT2D eigenvalue weighted by molar-refractivity contribution is 0.213. The second kappa shape index (κ2) is 7.81. The van der Waals surface area contributed by atoms with E-state index in [-0.39, 0.29) is 11.0 Å². The first-order chi connectivity index (χ1) is 13.9. The summed E-state index contributed by atoms with van der Waals surface area (Å²) in [4.78, 5) is 19.1. The highest BCUT2D eigenvalue weighted by Gasteiger charge is 2.22. The van der Waals surface area contributed by atoms with Gasteiger partial charge in [0.25, 0.3) is 5.56 Å². The van der Waals surface area contributed by atoms with E-state index in [4.69, 9.17) is 4.74 Å². The fourth-order valence-electron chi connectivity index (χ4n) is 3.53. The number of piperidine rings is 1. The first-order valence-corrected chi connectivity index (χ1v) is 10.1. The summed E-state index contributed by atoms with van der Waals surface area (Å²) >= 11 is 0. The van der Waals surface area contributed by atoms with E-state index in [1.54, 1.807) is 16.7 Å². The van der Waals surface area contributed by atoms with Crippen LogP contribution in [0.3, 0.4) is 0 Å².